The van der Waals surface area contributed by atoms with Gasteiger partial charge >= 0.3 is 6.03 Å². The Kier molecular flexibility index (Phi) is 5.38. The second kappa shape index (κ2) is 7.69. The zero-order valence-electron chi connectivity index (χ0n) is 13.8. The Labute approximate surface area is 148 Å². The van der Waals surface area contributed by atoms with Crippen LogP contribution in [0.1, 0.15) is 11.1 Å². The molecule has 2 aromatic carbocycles. The number of hydrogen-bond acceptors (Lipinski definition) is 2. The second-order valence-corrected chi connectivity index (χ2v) is 6.57. The van der Waals surface area contributed by atoms with Gasteiger partial charge < -0.3 is 10.2 Å². The van der Waals surface area contributed by atoms with Crippen LogP contribution in [0, 0.1) is 6.92 Å². The molecule has 0 bridgehead atoms. The Morgan fingerprint density at radius 2 is 1.83 bits per heavy atom. The molecule has 0 atom stereocenters. The molecule has 0 aliphatic carbocycles. The number of carbonyl (C=O) groups excluding carboxylic acids is 1. The van der Waals surface area contributed by atoms with Crippen LogP contribution < -0.4 is 5.32 Å². The Bertz CT molecular complexity index is 711. The number of piperazine rings is 1. The molecule has 1 fully saturated rings. The lowest BCUT2D eigenvalue weighted by Crippen LogP contribution is -2.49. The highest BCUT2D eigenvalue weighted by Crippen LogP contribution is 2.21. The standard InChI is InChI=1S/C19H22ClN3O/c1-15-5-4-6-16(13-15)14-22-9-11-23(12-10-22)19(24)21-18-8-3-2-7-17(18)20/h2-8,13H,9-12,14H2,1H3,(H,21,24). The predicted octanol–water partition coefficient (Wildman–Crippen LogP) is 4.00. The van der Waals surface area contributed by atoms with Gasteiger partial charge in [-0.15, -0.1) is 0 Å². The smallest absolute Gasteiger partial charge is 0.321 e. The van der Waals surface area contributed by atoms with E-state index in [4.69, 9.17) is 11.6 Å². The van der Waals surface area contributed by atoms with Crippen molar-refractivity contribution in [2.75, 3.05) is 31.5 Å². The first kappa shape index (κ1) is 16.8. The molecule has 1 aliphatic rings. The molecular formula is C19H22ClN3O. The monoisotopic (exact) mass is 343 g/mol. The van der Waals surface area contributed by atoms with Gasteiger partial charge in [0.05, 0.1) is 10.7 Å². The summed E-state index contributed by atoms with van der Waals surface area (Å²) in [5.41, 5.74) is 3.26. The van der Waals surface area contributed by atoms with Crippen molar-refractivity contribution in [1.82, 2.24) is 9.80 Å². The summed E-state index contributed by atoms with van der Waals surface area (Å²) < 4.78 is 0. The molecule has 0 unspecified atom stereocenters. The molecular weight excluding hydrogens is 322 g/mol. The van der Waals surface area contributed by atoms with Gasteiger partial charge in [-0.1, -0.05) is 53.6 Å². The van der Waals surface area contributed by atoms with Crippen LogP contribution >= 0.6 is 11.6 Å². The molecule has 0 aromatic heterocycles. The van der Waals surface area contributed by atoms with Crippen molar-refractivity contribution < 1.29 is 4.79 Å². The SMILES string of the molecule is Cc1cccc(CN2CCN(C(=O)Nc3ccccc3Cl)CC2)c1. The van der Waals surface area contributed by atoms with Crippen LogP contribution in [0.15, 0.2) is 48.5 Å². The maximum atomic E-state index is 12.4. The van der Waals surface area contributed by atoms with E-state index in [9.17, 15) is 4.79 Å². The van der Waals surface area contributed by atoms with Gasteiger partial charge in [0.2, 0.25) is 0 Å². The lowest BCUT2D eigenvalue weighted by Gasteiger charge is -2.34. The van der Waals surface area contributed by atoms with E-state index in [0.29, 0.717) is 10.7 Å². The summed E-state index contributed by atoms with van der Waals surface area (Å²) in [5, 5.41) is 3.45. The Balaban J connectivity index is 1.51. The number of nitrogens with one attached hydrogen (secondary N) is 1. The van der Waals surface area contributed by atoms with E-state index >= 15 is 0 Å². The number of amides is 2. The minimum atomic E-state index is -0.0849. The van der Waals surface area contributed by atoms with E-state index in [2.05, 4.69) is 41.4 Å². The van der Waals surface area contributed by atoms with Gasteiger partial charge in [-0.05, 0) is 24.6 Å². The first-order valence-corrected chi connectivity index (χ1v) is 8.58. The average Bonchev–Trinajstić information content (AvgIpc) is 2.57. The number of aryl methyl sites for hydroxylation is 1. The Morgan fingerprint density at radius 3 is 2.54 bits per heavy atom. The number of hydrogen-bond donors (Lipinski definition) is 1. The summed E-state index contributed by atoms with van der Waals surface area (Å²) in [5.74, 6) is 0. The second-order valence-electron chi connectivity index (χ2n) is 6.16. The molecule has 2 aromatic rings. The van der Waals surface area contributed by atoms with Crippen LogP contribution in [0.4, 0.5) is 10.5 Å². The summed E-state index contributed by atoms with van der Waals surface area (Å²) in [7, 11) is 0. The van der Waals surface area contributed by atoms with Crippen LogP contribution in [0.5, 0.6) is 0 Å². The fraction of sp³-hybridized carbons (Fsp3) is 0.316. The summed E-state index contributed by atoms with van der Waals surface area (Å²) in [6.07, 6.45) is 0. The van der Waals surface area contributed by atoms with Gasteiger partial charge in [0.15, 0.2) is 0 Å². The van der Waals surface area contributed by atoms with Crippen LogP contribution in [-0.4, -0.2) is 42.0 Å². The highest BCUT2D eigenvalue weighted by atomic mass is 35.5. The zero-order valence-corrected chi connectivity index (χ0v) is 14.6. The fourth-order valence-corrected chi connectivity index (χ4v) is 3.12. The Morgan fingerprint density at radius 1 is 1.08 bits per heavy atom. The van der Waals surface area contributed by atoms with E-state index in [1.807, 2.05) is 23.1 Å². The summed E-state index contributed by atoms with van der Waals surface area (Å²) >= 11 is 6.09. The van der Waals surface area contributed by atoms with Gasteiger partial charge in [0.1, 0.15) is 0 Å². The Hall–Kier alpha value is -2.04. The number of anilines is 1. The zero-order chi connectivity index (χ0) is 16.9. The molecule has 4 nitrogen and oxygen atoms in total. The minimum Gasteiger partial charge on any atom is -0.322 e. The predicted molar refractivity (Wildman–Crippen MR) is 98.5 cm³/mol. The van der Waals surface area contributed by atoms with Crippen molar-refractivity contribution in [2.24, 2.45) is 0 Å². The van der Waals surface area contributed by atoms with Gasteiger partial charge in [0, 0.05) is 32.7 Å². The molecule has 24 heavy (non-hydrogen) atoms. The van der Waals surface area contributed by atoms with Crippen molar-refractivity contribution in [3.63, 3.8) is 0 Å². The van der Waals surface area contributed by atoms with E-state index in [1.54, 1.807) is 6.07 Å². The number of rotatable bonds is 3. The lowest BCUT2D eigenvalue weighted by atomic mass is 10.1. The summed E-state index contributed by atoms with van der Waals surface area (Å²) in [4.78, 5) is 16.6. The molecule has 1 N–H and O–H groups in total. The average molecular weight is 344 g/mol. The maximum Gasteiger partial charge on any atom is 0.321 e. The minimum absolute atomic E-state index is 0.0849. The largest absolute Gasteiger partial charge is 0.322 e. The number of nitrogens with zero attached hydrogens (tertiary/aromatic N) is 2. The fourth-order valence-electron chi connectivity index (χ4n) is 2.93. The van der Waals surface area contributed by atoms with Crippen molar-refractivity contribution >= 4 is 23.3 Å². The molecule has 1 saturated heterocycles. The molecule has 1 heterocycles. The molecule has 5 heteroatoms. The van der Waals surface area contributed by atoms with Gasteiger partial charge in [-0.25, -0.2) is 4.79 Å². The number of halogens is 1. The van der Waals surface area contributed by atoms with Crippen LogP contribution in [0.25, 0.3) is 0 Å². The molecule has 0 saturated carbocycles. The maximum absolute atomic E-state index is 12.4. The number of urea groups is 1. The highest BCUT2D eigenvalue weighted by Gasteiger charge is 2.21. The van der Waals surface area contributed by atoms with Crippen molar-refractivity contribution in [3.05, 3.63) is 64.7 Å². The highest BCUT2D eigenvalue weighted by molar-refractivity contribution is 6.33. The molecule has 0 spiro atoms. The normalized spacial score (nSPS) is 15.3. The van der Waals surface area contributed by atoms with E-state index in [1.165, 1.54) is 11.1 Å². The third-order valence-electron chi connectivity index (χ3n) is 4.26. The number of benzene rings is 2. The van der Waals surface area contributed by atoms with Crippen molar-refractivity contribution in [1.29, 1.82) is 0 Å². The lowest BCUT2D eigenvalue weighted by molar-refractivity contribution is 0.143. The third-order valence-corrected chi connectivity index (χ3v) is 4.59. The van der Waals surface area contributed by atoms with Gasteiger partial charge in [-0.2, -0.15) is 0 Å². The van der Waals surface area contributed by atoms with Crippen LogP contribution in [-0.2, 0) is 6.54 Å². The number of para-hydroxylation sites is 1. The third kappa shape index (κ3) is 4.28. The van der Waals surface area contributed by atoms with Crippen LogP contribution in [0.2, 0.25) is 5.02 Å². The summed E-state index contributed by atoms with van der Waals surface area (Å²) in [6, 6.07) is 15.8. The summed E-state index contributed by atoms with van der Waals surface area (Å²) in [6.45, 7) is 6.25. The van der Waals surface area contributed by atoms with Crippen LogP contribution in [0.3, 0.4) is 0 Å². The quantitative estimate of drug-likeness (QED) is 0.914. The molecule has 2 amide bonds. The van der Waals surface area contributed by atoms with Gasteiger partial charge in [0.25, 0.3) is 0 Å². The molecule has 3 rings (SSSR count). The number of carbonyl (C=O) groups is 1. The van der Waals surface area contributed by atoms with Crippen molar-refractivity contribution in [3.8, 4) is 0 Å². The van der Waals surface area contributed by atoms with Crippen molar-refractivity contribution in [2.45, 2.75) is 13.5 Å². The van der Waals surface area contributed by atoms with E-state index in [0.717, 1.165) is 32.7 Å². The first-order chi connectivity index (χ1) is 11.6. The molecule has 126 valence electrons. The van der Waals surface area contributed by atoms with E-state index < -0.39 is 0 Å². The van der Waals surface area contributed by atoms with Gasteiger partial charge in [-0.3, -0.25) is 4.90 Å². The van der Waals surface area contributed by atoms with E-state index in [-0.39, 0.29) is 6.03 Å². The first-order valence-electron chi connectivity index (χ1n) is 8.20. The topological polar surface area (TPSA) is 35.6 Å². The molecule has 0 radical (unpaired) electrons. The molecule has 1 aliphatic heterocycles.